The fourth-order valence-electron chi connectivity index (χ4n) is 9.78. The SMILES string of the molecule is c1ccc([Si-](c2ccccc2)(c2ccccc2)c2ccc3c(c2)c2ccccc2n3-c2ccc3sc4ccc(-n5c6ccccc6c6ccccc65)cc4c3c2)cc1. The van der Waals surface area contributed by atoms with Gasteiger partial charge in [-0.3, -0.25) is 0 Å². The molecule has 0 atom stereocenters. The van der Waals surface area contributed by atoms with E-state index in [-0.39, 0.29) is 0 Å². The molecule has 0 fully saturated rings. The first-order valence-corrected chi connectivity index (χ1v) is 22.7. The molecule has 3 heterocycles. The molecule has 2 nitrogen and oxygen atoms in total. The number of thiophene rings is 1. The van der Waals surface area contributed by atoms with E-state index in [0.717, 1.165) is 0 Å². The van der Waals surface area contributed by atoms with Crippen LogP contribution in [0.4, 0.5) is 0 Å². The van der Waals surface area contributed by atoms with Crippen LogP contribution < -0.4 is 20.7 Å². The van der Waals surface area contributed by atoms with Crippen molar-refractivity contribution in [2.75, 3.05) is 0 Å². The summed E-state index contributed by atoms with van der Waals surface area (Å²) in [6.45, 7) is 0. The molecule has 0 radical (unpaired) electrons. The predicted molar refractivity (Wildman–Crippen MR) is 252 cm³/mol. The molecule has 0 spiro atoms. The molecule has 0 aliphatic rings. The number of nitrogens with zero attached hydrogens (tertiary/aromatic N) is 2. The lowest BCUT2D eigenvalue weighted by Crippen LogP contribution is -2.74. The van der Waals surface area contributed by atoms with E-state index in [2.05, 4.69) is 228 Å². The molecule has 0 amide bonds. The van der Waals surface area contributed by atoms with Crippen LogP contribution in [0.5, 0.6) is 0 Å². The Morgan fingerprint density at radius 2 is 0.655 bits per heavy atom. The van der Waals surface area contributed by atoms with Crippen LogP contribution in [0.15, 0.2) is 218 Å². The highest BCUT2D eigenvalue weighted by Gasteiger charge is 2.29. The summed E-state index contributed by atoms with van der Waals surface area (Å²) in [7, 11) is -2.71. The van der Waals surface area contributed by atoms with Crippen molar-refractivity contribution in [3.05, 3.63) is 218 Å². The molecule has 12 rings (SSSR count). The van der Waals surface area contributed by atoms with E-state index >= 15 is 0 Å². The van der Waals surface area contributed by atoms with Gasteiger partial charge >= 0.3 is 0 Å². The third-order valence-corrected chi connectivity index (χ3v) is 18.2. The third kappa shape index (κ3) is 4.83. The van der Waals surface area contributed by atoms with E-state index in [0.29, 0.717) is 0 Å². The number of rotatable bonds is 6. The molecular weight excluding hydrogens is 737 g/mol. The molecule has 0 unspecified atom stereocenters. The zero-order valence-electron chi connectivity index (χ0n) is 31.6. The van der Waals surface area contributed by atoms with Crippen molar-refractivity contribution in [3.63, 3.8) is 0 Å². The summed E-state index contributed by atoms with van der Waals surface area (Å²) in [5.41, 5.74) is 7.24. The fourth-order valence-corrected chi connectivity index (χ4v) is 15.6. The van der Waals surface area contributed by atoms with Crippen LogP contribution in [0.1, 0.15) is 0 Å². The van der Waals surface area contributed by atoms with E-state index < -0.39 is 8.07 Å². The average molecular weight is 773 g/mol. The summed E-state index contributed by atoms with van der Waals surface area (Å²) in [6, 6.07) is 81.4. The first-order chi connectivity index (χ1) is 28.8. The lowest BCUT2D eigenvalue weighted by molar-refractivity contribution is 1.18. The Morgan fingerprint density at radius 1 is 0.276 bits per heavy atom. The molecule has 4 heteroatoms. The molecule has 0 N–H and O–H groups in total. The molecule has 3 aromatic heterocycles. The number of fused-ring (bicyclic) bond motifs is 9. The normalized spacial score (nSPS) is 12.1. The maximum Gasteiger partial charge on any atom is 0.0541 e. The fraction of sp³-hybridized carbons (Fsp3) is 0. The highest BCUT2D eigenvalue weighted by molar-refractivity contribution is 7.25. The molecule has 273 valence electrons. The van der Waals surface area contributed by atoms with Crippen LogP contribution in [0.25, 0.3) is 75.2 Å². The minimum atomic E-state index is -2.71. The first-order valence-electron chi connectivity index (χ1n) is 19.9. The van der Waals surface area contributed by atoms with E-state index in [4.69, 9.17) is 0 Å². The smallest absolute Gasteiger partial charge is 0.0541 e. The molecule has 0 aliphatic heterocycles. The summed E-state index contributed by atoms with van der Waals surface area (Å²) in [4.78, 5) is 0. The van der Waals surface area contributed by atoms with Gasteiger partial charge in [-0.15, -0.1) is 11.3 Å². The molecule has 58 heavy (non-hydrogen) atoms. The van der Waals surface area contributed by atoms with Crippen LogP contribution in [0.2, 0.25) is 0 Å². The molecule has 0 saturated heterocycles. The van der Waals surface area contributed by atoms with Crippen LogP contribution in [0.3, 0.4) is 0 Å². The number of para-hydroxylation sites is 3. The monoisotopic (exact) mass is 772 g/mol. The minimum Gasteiger partial charge on any atom is -0.309 e. The maximum absolute atomic E-state index is 2.71. The van der Waals surface area contributed by atoms with Gasteiger partial charge in [0, 0.05) is 53.1 Å². The average Bonchev–Trinajstić information content (AvgIpc) is 3.95. The molecule has 0 aliphatic carbocycles. The predicted octanol–water partition coefficient (Wildman–Crippen LogP) is 11.6. The summed E-state index contributed by atoms with van der Waals surface area (Å²) < 4.78 is 7.49. The van der Waals surface area contributed by atoms with Crippen molar-refractivity contribution in [2.45, 2.75) is 0 Å². The van der Waals surface area contributed by atoms with Crippen LogP contribution >= 0.6 is 11.3 Å². The van der Waals surface area contributed by atoms with Gasteiger partial charge in [-0.25, -0.2) is 0 Å². The van der Waals surface area contributed by atoms with Gasteiger partial charge in [0.05, 0.1) is 22.1 Å². The Morgan fingerprint density at radius 3 is 1.10 bits per heavy atom. The number of hydrogen-bond acceptors (Lipinski definition) is 1. The van der Waals surface area contributed by atoms with Crippen LogP contribution in [0, 0.1) is 0 Å². The second kappa shape index (κ2) is 13.0. The lowest BCUT2D eigenvalue weighted by atomic mass is 10.1. The van der Waals surface area contributed by atoms with Crippen molar-refractivity contribution in [3.8, 4) is 11.4 Å². The van der Waals surface area contributed by atoms with Gasteiger partial charge in [0.2, 0.25) is 0 Å². The maximum atomic E-state index is 2.52. The molecule has 12 aromatic rings. The Bertz CT molecular complexity index is 3360. The lowest BCUT2D eigenvalue weighted by Gasteiger charge is -2.47. The van der Waals surface area contributed by atoms with Crippen molar-refractivity contribution in [1.29, 1.82) is 0 Å². The minimum absolute atomic E-state index is 1.17. The van der Waals surface area contributed by atoms with E-state index in [9.17, 15) is 0 Å². The zero-order chi connectivity index (χ0) is 38.2. The standard InChI is InChI=1S/C54H36N2SSi/c1-4-16-39(17-5-1)58(40-18-6-2-7-19-40,41-20-8-3-9-21-41)42-30-31-52-46(36-42)45-24-12-15-27-51(45)56(52)38-29-33-54-48(35-38)47-34-37(28-32-53(47)57-54)55-49-25-13-10-22-43(49)44-23-11-14-26-50(44)55/h1-36H/q-1. The van der Waals surface area contributed by atoms with Crippen molar-refractivity contribution in [1.82, 2.24) is 9.13 Å². The van der Waals surface area contributed by atoms with E-state index in [1.807, 2.05) is 11.3 Å². The van der Waals surface area contributed by atoms with E-state index in [1.54, 1.807) is 0 Å². The van der Waals surface area contributed by atoms with Gasteiger partial charge in [-0.05, 0) is 68.7 Å². The van der Waals surface area contributed by atoms with Gasteiger partial charge < -0.3 is 9.13 Å². The number of benzene rings is 9. The van der Waals surface area contributed by atoms with Gasteiger partial charge in [-0.2, -0.15) is 20.7 Å². The second-order valence-corrected chi connectivity index (χ2v) is 20.2. The third-order valence-electron chi connectivity index (χ3n) is 12.3. The Hall–Kier alpha value is -6.98. The topological polar surface area (TPSA) is 9.86 Å². The molecule has 0 saturated carbocycles. The Labute approximate surface area is 341 Å². The first kappa shape index (κ1) is 33.2. The summed E-state index contributed by atoms with van der Waals surface area (Å²) in [5.74, 6) is 0. The van der Waals surface area contributed by atoms with Gasteiger partial charge in [-0.1, -0.05) is 158 Å². The number of hydrogen-bond donors (Lipinski definition) is 0. The molecule has 0 bridgehead atoms. The zero-order valence-corrected chi connectivity index (χ0v) is 33.4. The molecular formula is C54H36N2SSi-. The van der Waals surface area contributed by atoms with Gasteiger partial charge in [0.25, 0.3) is 0 Å². The van der Waals surface area contributed by atoms with Crippen LogP contribution in [-0.2, 0) is 0 Å². The van der Waals surface area contributed by atoms with Crippen molar-refractivity contribution < 1.29 is 0 Å². The Balaban J connectivity index is 1.08. The number of aromatic nitrogens is 2. The summed E-state index contributed by atoms with van der Waals surface area (Å²) in [5, 5.41) is 13.2. The van der Waals surface area contributed by atoms with Crippen LogP contribution in [-0.4, -0.2) is 17.2 Å². The second-order valence-electron chi connectivity index (χ2n) is 15.3. The quantitative estimate of drug-likeness (QED) is 0.118. The largest absolute Gasteiger partial charge is 0.309 e. The van der Waals surface area contributed by atoms with Gasteiger partial charge in [0.1, 0.15) is 0 Å². The highest BCUT2D eigenvalue weighted by Crippen LogP contribution is 2.40. The van der Waals surface area contributed by atoms with Crippen molar-refractivity contribution >= 4 is 104 Å². The highest BCUT2D eigenvalue weighted by atomic mass is 32.1. The van der Waals surface area contributed by atoms with Crippen molar-refractivity contribution in [2.24, 2.45) is 0 Å². The summed E-state index contributed by atoms with van der Waals surface area (Å²) in [6.07, 6.45) is 0. The molecule has 9 aromatic carbocycles. The summed E-state index contributed by atoms with van der Waals surface area (Å²) >= 11 is 1.87. The van der Waals surface area contributed by atoms with Gasteiger partial charge in [0.15, 0.2) is 0 Å². The van der Waals surface area contributed by atoms with E-state index in [1.165, 1.54) is 95.9 Å². The Kier molecular flexibility index (Phi) is 7.46.